The van der Waals surface area contributed by atoms with Crippen LogP contribution in [0.2, 0.25) is 10.0 Å². The minimum absolute atomic E-state index is 0.102. The summed E-state index contributed by atoms with van der Waals surface area (Å²) in [5.41, 5.74) is -0.232. The standard InChI is InChI=1S/C21H18Cl2F3N5O2/c22-17-3-1-14(2-4-17)15(10-27)11-29-33-13-19(32)30-5-7-31(8-6-30)20-18(23)9-16(12-28-20)21(24,25)26/h1-4,9,11-12,15H,5-8,13H2/b29-11-. The number of aromatic nitrogens is 1. The van der Waals surface area contributed by atoms with Gasteiger partial charge in [0.15, 0.2) is 6.61 Å². The molecule has 0 N–H and O–H groups in total. The number of hydrogen-bond donors (Lipinski definition) is 0. The van der Waals surface area contributed by atoms with Crippen LogP contribution < -0.4 is 4.90 Å². The number of nitrogens with zero attached hydrogens (tertiary/aromatic N) is 5. The van der Waals surface area contributed by atoms with E-state index in [-0.39, 0.29) is 23.4 Å². The number of anilines is 1. The van der Waals surface area contributed by atoms with Crippen LogP contribution in [0.1, 0.15) is 17.0 Å². The predicted octanol–water partition coefficient (Wildman–Crippen LogP) is 4.37. The first-order valence-electron chi connectivity index (χ1n) is 9.75. The molecule has 1 fully saturated rings. The van der Waals surface area contributed by atoms with Gasteiger partial charge < -0.3 is 14.6 Å². The molecule has 33 heavy (non-hydrogen) atoms. The SMILES string of the molecule is N#CC(/C=N\OCC(=O)N1CCN(c2ncc(C(F)(F)F)cc2Cl)CC1)c1ccc(Cl)cc1. The van der Waals surface area contributed by atoms with Crippen molar-refractivity contribution in [2.75, 3.05) is 37.7 Å². The molecular weight excluding hydrogens is 482 g/mol. The van der Waals surface area contributed by atoms with Crippen molar-refractivity contribution in [1.29, 1.82) is 5.26 Å². The molecular formula is C21H18Cl2F3N5O2. The molecule has 3 rings (SSSR count). The van der Waals surface area contributed by atoms with Gasteiger partial charge in [0.25, 0.3) is 5.91 Å². The summed E-state index contributed by atoms with van der Waals surface area (Å²) < 4.78 is 38.3. The monoisotopic (exact) mass is 499 g/mol. The van der Waals surface area contributed by atoms with Gasteiger partial charge in [0, 0.05) is 37.4 Å². The number of alkyl halides is 3. The van der Waals surface area contributed by atoms with Crippen LogP contribution in [0.15, 0.2) is 41.7 Å². The van der Waals surface area contributed by atoms with E-state index in [1.807, 2.05) is 0 Å². The van der Waals surface area contributed by atoms with Gasteiger partial charge in [-0.3, -0.25) is 4.79 Å². The minimum Gasteiger partial charge on any atom is -0.386 e. The Bertz CT molecular complexity index is 1050. The fraction of sp³-hybridized carbons (Fsp3) is 0.333. The van der Waals surface area contributed by atoms with Crippen molar-refractivity contribution in [1.82, 2.24) is 9.88 Å². The van der Waals surface area contributed by atoms with E-state index in [1.165, 1.54) is 6.21 Å². The Hall–Kier alpha value is -3.03. The van der Waals surface area contributed by atoms with Crippen LogP contribution in [-0.4, -0.2) is 54.8 Å². The molecule has 1 amide bonds. The molecule has 1 aromatic carbocycles. The molecule has 174 valence electrons. The Labute approximate surface area is 197 Å². The molecule has 2 heterocycles. The minimum atomic E-state index is -4.52. The van der Waals surface area contributed by atoms with Crippen molar-refractivity contribution >= 4 is 41.1 Å². The largest absolute Gasteiger partial charge is 0.417 e. The van der Waals surface area contributed by atoms with E-state index in [9.17, 15) is 23.2 Å². The lowest BCUT2D eigenvalue weighted by molar-refractivity contribution is -0.138. The van der Waals surface area contributed by atoms with Crippen LogP contribution >= 0.6 is 23.2 Å². The zero-order valence-corrected chi connectivity index (χ0v) is 18.6. The number of carbonyl (C=O) groups excluding carboxylic acids is 1. The third-order valence-corrected chi connectivity index (χ3v) is 5.45. The predicted molar refractivity (Wildman–Crippen MR) is 117 cm³/mol. The summed E-state index contributed by atoms with van der Waals surface area (Å²) >= 11 is 11.8. The zero-order chi connectivity index (χ0) is 24.0. The van der Waals surface area contributed by atoms with Gasteiger partial charge in [0.05, 0.1) is 22.9 Å². The van der Waals surface area contributed by atoms with Crippen LogP contribution in [0.3, 0.4) is 0 Å². The van der Waals surface area contributed by atoms with Crippen molar-refractivity contribution in [3.05, 3.63) is 57.7 Å². The number of oxime groups is 1. The maximum Gasteiger partial charge on any atom is 0.417 e. The summed E-state index contributed by atoms with van der Waals surface area (Å²) in [6, 6.07) is 9.63. The van der Waals surface area contributed by atoms with Gasteiger partial charge >= 0.3 is 6.18 Å². The van der Waals surface area contributed by atoms with E-state index in [0.717, 1.165) is 12.3 Å². The van der Waals surface area contributed by atoms with Gasteiger partial charge in [-0.25, -0.2) is 4.98 Å². The first-order chi connectivity index (χ1) is 15.7. The number of hydrogen-bond acceptors (Lipinski definition) is 6. The first kappa shape index (κ1) is 24.6. The molecule has 1 saturated heterocycles. The number of rotatable bonds is 6. The summed E-state index contributed by atoms with van der Waals surface area (Å²) in [5.74, 6) is -0.720. The molecule has 0 saturated carbocycles. The Morgan fingerprint density at radius 2 is 1.91 bits per heavy atom. The van der Waals surface area contributed by atoms with E-state index >= 15 is 0 Å². The summed E-state index contributed by atoms with van der Waals surface area (Å²) in [6.07, 6.45) is -2.49. The topological polar surface area (TPSA) is 81.8 Å². The molecule has 2 aromatic rings. The number of nitriles is 1. The van der Waals surface area contributed by atoms with Crippen molar-refractivity contribution in [3.8, 4) is 6.07 Å². The number of halogens is 5. The van der Waals surface area contributed by atoms with Gasteiger partial charge in [-0.1, -0.05) is 40.5 Å². The van der Waals surface area contributed by atoms with E-state index in [4.69, 9.17) is 28.0 Å². The number of pyridine rings is 1. The molecule has 12 heteroatoms. The number of piperazine rings is 1. The molecule has 1 aliphatic rings. The summed E-state index contributed by atoms with van der Waals surface area (Å²) in [5, 5.41) is 13.4. The average molecular weight is 500 g/mol. The highest BCUT2D eigenvalue weighted by molar-refractivity contribution is 6.33. The highest BCUT2D eigenvalue weighted by atomic mass is 35.5. The van der Waals surface area contributed by atoms with Crippen molar-refractivity contribution in [2.24, 2.45) is 5.16 Å². The van der Waals surface area contributed by atoms with Crippen molar-refractivity contribution < 1.29 is 22.8 Å². The summed E-state index contributed by atoms with van der Waals surface area (Å²) in [6.45, 7) is 1.02. The fourth-order valence-corrected chi connectivity index (χ4v) is 3.55. The molecule has 0 bridgehead atoms. The van der Waals surface area contributed by atoms with E-state index in [0.29, 0.717) is 36.8 Å². The van der Waals surface area contributed by atoms with Gasteiger partial charge in [0.2, 0.25) is 0 Å². The Balaban J connectivity index is 1.48. The van der Waals surface area contributed by atoms with Gasteiger partial charge in [-0.05, 0) is 23.8 Å². The first-order valence-corrected chi connectivity index (χ1v) is 10.5. The highest BCUT2D eigenvalue weighted by Gasteiger charge is 2.32. The quantitative estimate of drug-likeness (QED) is 0.435. The van der Waals surface area contributed by atoms with Crippen molar-refractivity contribution in [2.45, 2.75) is 12.1 Å². The van der Waals surface area contributed by atoms with E-state index in [2.05, 4.69) is 16.2 Å². The number of carbonyl (C=O) groups is 1. The van der Waals surface area contributed by atoms with Crippen LogP contribution in [0, 0.1) is 11.3 Å². The second-order valence-electron chi connectivity index (χ2n) is 7.08. The molecule has 1 aromatic heterocycles. The molecule has 1 atom stereocenters. The second kappa shape index (κ2) is 10.7. The maximum absolute atomic E-state index is 12.8. The fourth-order valence-electron chi connectivity index (χ4n) is 3.14. The lowest BCUT2D eigenvalue weighted by atomic mass is 10.0. The van der Waals surface area contributed by atoms with Crippen LogP contribution in [0.25, 0.3) is 0 Å². The third kappa shape index (κ3) is 6.49. The van der Waals surface area contributed by atoms with Gasteiger partial charge in [-0.2, -0.15) is 18.4 Å². The second-order valence-corrected chi connectivity index (χ2v) is 7.92. The molecule has 1 aliphatic heterocycles. The average Bonchev–Trinajstić information content (AvgIpc) is 2.79. The molecule has 0 radical (unpaired) electrons. The third-order valence-electron chi connectivity index (χ3n) is 4.92. The molecule has 0 aliphatic carbocycles. The number of benzene rings is 1. The molecule has 7 nitrogen and oxygen atoms in total. The van der Waals surface area contributed by atoms with E-state index in [1.54, 1.807) is 34.1 Å². The van der Waals surface area contributed by atoms with Crippen molar-refractivity contribution in [3.63, 3.8) is 0 Å². The summed E-state index contributed by atoms with van der Waals surface area (Å²) in [4.78, 5) is 24.5. The highest BCUT2D eigenvalue weighted by Crippen LogP contribution is 2.33. The van der Waals surface area contributed by atoms with Crippen LogP contribution in [-0.2, 0) is 15.8 Å². The van der Waals surface area contributed by atoms with Crippen LogP contribution in [0.4, 0.5) is 19.0 Å². The van der Waals surface area contributed by atoms with Crippen LogP contribution in [0.5, 0.6) is 0 Å². The zero-order valence-electron chi connectivity index (χ0n) is 17.1. The summed E-state index contributed by atoms with van der Waals surface area (Å²) in [7, 11) is 0. The van der Waals surface area contributed by atoms with Gasteiger partial charge in [0.1, 0.15) is 11.7 Å². The maximum atomic E-state index is 12.8. The smallest absolute Gasteiger partial charge is 0.386 e. The lowest BCUT2D eigenvalue weighted by Gasteiger charge is -2.35. The lowest BCUT2D eigenvalue weighted by Crippen LogP contribution is -2.50. The molecule has 0 spiro atoms. The van der Waals surface area contributed by atoms with Gasteiger partial charge in [-0.15, -0.1) is 0 Å². The Morgan fingerprint density at radius 3 is 2.48 bits per heavy atom. The molecule has 1 unspecified atom stereocenters. The van der Waals surface area contributed by atoms with E-state index < -0.39 is 17.7 Å². The normalized spacial score (nSPS) is 15.4. The Kier molecular flexibility index (Phi) is 8.00. The Morgan fingerprint density at radius 1 is 1.24 bits per heavy atom. The number of amides is 1.